The van der Waals surface area contributed by atoms with Gasteiger partial charge in [0.05, 0.1) is 0 Å². The van der Waals surface area contributed by atoms with Gasteiger partial charge in [0.15, 0.2) is 0 Å². The minimum atomic E-state index is -0.284. The van der Waals surface area contributed by atoms with Crippen LogP contribution in [0, 0.1) is 5.82 Å². The number of halogens is 2. The minimum Gasteiger partial charge on any atom is -0.343 e. The molecule has 2 rings (SSSR count). The Labute approximate surface area is 126 Å². The molecule has 20 heavy (non-hydrogen) atoms. The van der Waals surface area contributed by atoms with Crippen molar-refractivity contribution in [3.8, 4) is 11.1 Å². The van der Waals surface area contributed by atoms with Crippen LogP contribution in [0.1, 0.15) is 0 Å². The highest BCUT2D eigenvalue weighted by atomic mass is 79.9. The highest BCUT2D eigenvalue weighted by Gasteiger charge is 2.08. The van der Waals surface area contributed by atoms with Gasteiger partial charge in [0.2, 0.25) is 5.95 Å². The van der Waals surface area contributed by atoms with Gasteiger partial charge in [0, 0.05) is 48.1 Å². The first-order valence-electron chi connectivity index (χ1n) is 6.25. The van der Waals surface area contributed by atoms with E-state index in [4.69, 9.17) is 0 Å². The van der Waals surface area contributed by atoms with E-state index in [0.717, 1.165) is 17.6 Å². The van der Waals surface area contributed by atoms with Crippen molar-refractivity contribution in [2.24, 2.45) is 0 Å². The van der Waals surface area contributed by atoms with Gasteiger partial charge < -0.3 is 10.2 Å². The Morgan fingerprint density at radius 2 is 2.00 bits per heavy atom. The summed E-state index contributed by atoms with van der Waals surface area (Å²) < 4.78 is 14.6. The molecule has 0 aliphatic rings. The SMILES string of the molecule is CNCCN(C)c1ncc(-c2cc(Br)ccc2F)cn1. The van der Waals surface area contributed by atoms with Gasteiger partial charge >= 0.3 is 0 Å². The second-order valence-corrected chi connectivity index (χ2v) is 5.34. The molecule has 0 unspecified atom stereocenters. The Morgan fingerprint density at radius 3 is 2.65 bits per heavy atom. The van der Waals surface area contributed by atoms with Crippen LogP contribution in [0.3, 0.4) is 0 Å². The topological polar surface area (TPSA) is 41.0 Å². The van der Waals surface area contributed by atoms with Crippen LogP contribution in [-0.4, -0.2) is 37.2 Å². The summed E-state index contributed by atoms with van der Waals surface area (Å²) in [4.78, 5) is 10.5. The normalized spacial score (nSPS) is 10.6. The highest BCUT2D eigenvalue weighted by Crippen LogP contribution is 2.25. The van der Waals surface area contributed by atoms with Gasteiger partial charge in [-0.15, -0.1) is 0 Å². The summed E-state index contributed by atoms with van der Waals surface area (Å²) in [6.07, 6.45) is 3.28. The first-order chi connectivity index (χ1) is 9.61. The molecule has 1 heterocycles. The summed E-state index contributed by atoms with van der Waals surface area (Å²) in [5, 5.41) is 3.07. The fourth-order valence-electron chi connectivity index (χ4n) is 1.76. The molecule has 1 N–H and O–H groups in total. The lowest BCUT2D eigenvalue weighted by atomic mass is 10.1. The molecule has 0 amide bonds. The third kappa shape index (κ3) is 3.52. The number of likely N-dealkylation sites (N-methyl/N-ethyl adjacent to an activating group) is 2. The predicted molar refractivity (Wildman–Crippen MR) is 82.3 cm³/mol. The largest absolute Gasteiger partial charge is 0.343 e. The maximum atomic E-state index is 13.8. The molecule has 0 aliphatic carbocycles. The minimum absolute atomic E-state index is 0.284. The van der Waals surface area contributed by atoms with Gasteiger partial charge in [-0.3, -0.25) is 0 Å². The lowest BCUT2D eigenvalue weighted by Gasteiger charge is -2.16. The zero-order valence-corrected chi connectivity index (χ0v) is 13.0. The molecule has 0 saturated heterocycles. The van der Waals surface area contributed by atoms with Crippen LogP contribution < -0.4 is 10.2 Å². The van der Waals surface area contributed by atoms with Crippen molar-refractivity contribution in [3.05, 3.63) is 40.9 Å². The molecule has 1 aromatic heterocycles. The Bertz CT molecular complexity index is 574. The predicted octanol–water partition coefficient (Wildman–Crippen LogP) is 2.70. The molecule has 0 fully saturated rings. The standard InChI is InChI=1S/C14H16BrFN4/c1-17-5-6-20(2)14-18-8-10(9-19-14)12-7-11(15)3-4-13(12)16/h3-4,7-9,17H,5-6H2,1-2H3. The molecule has 0 spiro atoms. The summed E-state index contributed by atoms with van der Waals surface area (Å²) in [5.41, 5.74) is 1.15. The molecule has 6 heteroatoms. The summed E-state index contributed by atoms with van der Waals surface area (Å²) in [7, 11) is 3.82. The van der Waals surface area contributed by atoms with E-state index in [1.54, 1.807) is 24.5 Å². The van der Waals surface area contributed by atoms with Crippen LogP contribution in [0.5, 0.6) is 0 Å². The lowest BCUT2D eigenvalue weighted by Crippen LogP contribution is -2.28. The van der Waals surface area contributed by atoms with Crippen LogP contribution in [0.4, 0.5) is 10.3 Å². The Balaban J connectivity index is 2.21. The first-order valence-corrected chi connectivity index (χ1v) is 7.04. The summed E-state index contributed by atoms with van der Waals surface area (Å²) >= 11 is 3.34. The van der Waals surface area contributed by atoms with E-state index in [1.807, 2.05) is 19.0 Å². The quantitative estimate of drug-likeness (QED) is 0.909. The molecule has 0 radical (unpaired) electrons. The van der Waals surface area contributed by atoms with Crippen molar-refractivity contribution in [3.63, 3.8) is 0 Å². The molecule has 4 nitrogen and oxygen atoms in total. The molecule has 1 aromatic carbocycles. The van der Waals surface area contributed by atoms with Crippen LogP contribution in [-0.2, 0) is 0 Å². The Kier molecular flexibility index (Phi) is 5.03. The number of benzene rings is 1. The number of aromatic nitrogens is 2. The van der Waals surface area contributed by atoms with E-state index in [2.05, 4.69) is 31.2 Å². The fourth-order valence-corrected chi connectivity index (χ4v) is 2.12. The fraction of sp³-hybridized carbons (Fsp3) is 0.286. The number of anilines is 1. The number of hydrogen-bond acceptors (Lipinski definition) is 4. The Hall–Kier alpha value is -1.53. The third-order valence-electron chi connectivity index (χ3n) is 2.92. The molecule has 2 aromatic rings. The average molecular weight is 339 g/mol. The molecule has 0 bridgehead atoms. The third-order valence-corrected chi connectivity index (χ3v) is 3.41. The van der Waals surface area contributed by atoms with Crippen molar-refractivity contribution in [1.29, 1.82) is 0 Å². The van der Waals surface area contributed by atoms with E-state index < -0.39 is 0 Å². The summed E-state index contributed by atoms with van der Waals surface area (Å²) in [6.45, 7) is 1.66. The molecular formula is C14H16BrFN4. The molecule has 0 saturated carbocycles. The van der Waals surface area contributed by atoms with E-state index in [-0.39, 0.29) is 5.82 Å². The van der Waals surface area contributed by atoms with Crippen molar-refractivity contribution in [2.45, 2.75) is 0 Å². The maximum Gasteiger partial charge on any atom is 0.225 e. The number of nitrogens with one attached hydrogen (secondary N) is 1. The van der Waals surface area contributed by atoms with Gasteiger partial charge in [0.25, 0.3) is 0 Å². The zero-order valence-electron chi connectivity index (χ0n) is 11.4. The summed E-state index contributed by atoms with van der Waals surface area (Å²) in [5.74, 6) is 0.340. The van der Waals surface area contributed by atoms with Crippen molar-refractivity contribution in [1.82, 2.24) is 15.3 Å². The molecule has 106 valence electrons. The second kappa shape index (κ2) is 6.76. The first kappa shape index (κ1) is 14.9. The van der Waals surface area contributed by atoms with Crippen molar-refractivity contribution in [2.75, 3.05) is 32.1 Å². The number of rotatable bonds is 5. The van der Waals surface area contributed by atoms with Gasteiger partial charge in [0.1, 0.15) is 5.82 Å². The monoisotopic (exact) mass is 338 g/mol. The van der Waals surface area contributed by atoms with Crippen LogP contribution in [0.25, 0.3) is 11.1 Å². The van der Waals surface area contributed by atoms with E-state index in [0.29, 0.717) is 17.1 Å². The van der Waals surface area contributed by atoms with E-state index in [1.165, 1.54) is 6.07 Å². The second-order valence-electron chi connectivity index (χ2n) is 4.42. The molecular weight excluding hydrogens is 323 g/mol. The van der Waals surface area contributed by atoms with Crippen LogP contribution in [0.15, 0.2) is 35.1 Å². The number of nitrogens with zero attached hydrogens (tertiary/aromatic N) is 3. The number of hydrogen-bond donors (Lipinski definition) is 1. The zero-order chi connectivity index (χ0) is 14.5. The van der Waals surface area contributed by atoms with Gasteiger partial charge in [-0.2, -0.15) is 0 Å². The lowest BCUT2D eigenvalue weighted by molar-refractivity contribution is 0.631. The highest BCUT2D eigenvalue weighted by molar-refractivity contribution is 9.10. The van der Waals surface area contributed by atoms with Crippen LogP contribution in [0.2, 0.25) is 0 Å². The van der Waals surface area contributed by atoms with Crippen LogP contribution >= 0.6 is 15.9 Å². The van der Waals surface area contributed by atoms with Crippen molar-refractivity contribution < 1.29 is 4.39 Å². The Morgan fingerprint density at radius 1 is 1.30 bits per heavy atom. The van der Waals surface area contributed by atoms with Gasteiger partial charge in [-0.05, 0) is 25.2 Å². The van der Waals surface area contributed by atoms with Gasteiger partial charge in [-0.25, -0.2) is 14.4 Å². The maximum absolute atomic E-state index is 13.8. The molecule has 0 aliphatic heterocycles. The van der Waals surface area contributed by atoms with E-state index >= 15 is 0 Å². The molecule has 0 atom stereocenters. The van der Waals surface area contributed by atoms with Crippen molar-refractivity contribution >= 4 is 21.9 Å². The van der Waals surface area contributed by atoms with E-state index in [9.17, 15) is 4.39 Å². The van der Waals surface area contributed by atoms with Gasteiger partial charge in [-0.1, -0.05) is 15.9 Å². The average Bonchev–Trinajstić information content (AvgIpc) is 2.47. The smallest absolute Gasteiger partial charge is 0.225 e. The summed E-state index contributed by atoms with van der Waals surface area (Å²) in [6, 6.07) is 4.81.